The van der Waals surface area contributed by atoms with Crippen molar-refractivity contribution < 1.29 is 5.11 Å². The third kappa shape index (κ3) is 3.59. The fourth-order valence-corrected chi connectivity index (χ4v) is 2.37. The maximum absolute atomic E-state index is 10.1. The Hall–Kier alpha value is -0.380. The molecular weight excluding hydrogens is 206 g/mol. The van der Waals surface area contributed by atoms with E-state index in [1.54, 1.807) is 11.3 Å². The predicted molar refractivity (Wildman–Crippen MR) is 66.3 cm³/mol. The van der Waals surface area contributed by atoms with Gasteiger partial charge in [-0.1, -0.05) is 13.8 Å². The minimum atomic E-state index is -0.537. The van der Waals surface area contributed by atoms with Gasteiger partial charge in [0.05, 0.1) is 5.60 Å². The normalized spacial score (nSPS) is 12.0. The molecule has 0 amide bonds. The van der Waals surface area contributed by atoms with Crippen LogP contribution in [0.4, 0.5) is 0 Å². The molecule has 0 saturated heterocycles. The Bertz CT molecular complexity index is 292. The highest BCUT2D eigenvalue weighted by atomic mass is 32.1. The van der Waals surface area contributed by atoms with E-state index in [2.05, 4.69) is 23.7 Å². The van der Waals surface area contributed by atoms with Gasteiger partial charge in [0.15, 0.2) is 0 Å². The van der Waals surface area contributed by atoms with Crippen LogP contribution < -0.4 is 5.32 Å². The minimum absolute atomic E-state index is 0.537. The number of hydrogen-bond acceptors (Lipinski definition) is 3. The highest BCUT2D eigenvalue weighted by Gasteiger charge is 2.21. The molecule has 0 saturated carbocycles. The molecule has 1 aromatic rings. The lowest BCUT2D eigenvalue weighted by molar-refractivity contribution is 0.0323. The SMILES string of the molecule is CCC(O)(CC)CNCc1sccc1C. The number of thiophene rings is 1. The number of rotatable bonds is 6. The van der Waals surface area contributed by atoms with E-state index in [1.165, 1.54) is 10.4 Å². The maximum atomic E-state index is 10.1. The second-order valence-electron chi connectivity index (χ2n) is 4.06. The summed E-state index contributed by atoms with van der Waals surface area (Å²) in [5.74, 6) is 0. The fraction of sp³-hybridized carbons (Fsp3) is 0.667. The van der Waals surface area contributed by atoms with E-state index in [0.29, 0.717) is 6.54 Å². The van der Waals surface area contributed by atoms with Crippen molar-refractivity contribution in [2.24, 2.45) is 0 Å². The lowest BCUT2D eigenvalue weighted by Gasteiger charge is -2.25. The van der Waals surface area contributed by atoms with E-state index in [1.807, 2.05) is 13.8 Å². The molecule has 1 aromatic heterocycles. The molecular formula is C12H21NOS. The average Bonchev–Trinajstić information content (AvgIpc) is 2.64. The van der Waals surface area contributed by atoms with Crippen LogP contribution in [0.25, 0.3) is 0 Å². The monoisotopic (exact) mass is 227 g/mol. The van der Waals surface area contributed by atoms with E-state index < -0.39 is 5.60 Å². The molecule has 0 radical (unpaired) electrons. The van der Waals surface area contributed by atoms with Gasteiger partial charge in [0, 0.05) is 18.0 Å². The zero-order valence-electron chi connectivity index (χ0n) is 9.84. The first-order valence-electron chi connectivity index (χ1n) is 5.57. The molecule has 1 rings (SSSR count). The first kappa shape index (κ1) is 12.7. The topological polar surface area (TPSA) is 32.3 Å². The number of nitrogens with one attached hydrogen (secondary N) is 1. The smallest absolute Gasteiger partial charge is 0.0766 e. The molecule has 0 atom stereocenters. The van der Waals surface area contributed by atoms with E-state index in [9.17, 15) is 5.11 Å². The summed E-state index contributed by atoms with van der Waals surface area (Å²) in [7, 11) is 0. The number of aryl methyl sites for hydroxylation is 1. The van der Waals surface area contributed by atoms with Crippen LogP contribution >= 0.6 is 11.3 Å². The summed E-state index contributed by atoms with van der Waals surface area (Å²) in [5, 5.41) is 15.5. The van der Waals surface area contributed by atoms with Crippen molar-refractivity contribution in [3.8, 4) is 0 Å². The second kappa shape index (κ2) is 5.64. The van der Waals surface area contributed by atoms with E-state index in [4.69, 9.17) is 0 Å². The minimum Gasteiger partial charge on any atom is -0.389 e. The Morgan fingerprint density at radius 1 is 1.40 bits per heavy atom. The fourth-order valence-electron chi connectivity index (χ4n) is 1.49. The molecule has 0 aliphatic rings. The first-order chi connectivity index (χ1) is 7.11. The third-order valence-corrected chi connectivity index (χ3v) is 4.05. The molecule has 2 nitrogen and oxygen atoms in total. The zero-order valence-corrected chi connectivity index (χ0v) is 10.7. The first-order valence-corrected chi connectivity index (χ1v) is 6.45. The van der Waals surface area contributed by atoms with E-state index in [-0.39, 0.29) is 0 Å². The molecule has 0 aliphatic heterocycles. The van der Waals surface area contributed by atoms with Crippen LogP contribution in [0.5, 0.6) is 0 Å². The summed E-state index contributed by atoms with van der Waals surface area (Å²) in [6.07, 6.45) is 1.61. The largest absolute Gasteiger partial charge is 0.389 e. The van der Waals surface area contributed by atoms with Gasteiger partial charge in [-0.05, 0) is 36.8 Å². The van der Waals surface area contributed by atoms with Crippen LogP contribution in [0.15, 0.2) is 11.4 Å². The maximum Gasteiger partial charge on any atom is 0.0766 e. The van der Waals surface area contributed by atoms with Crippen molar-refractivity contribution in [3.05, 3.63) is 21.9 Å². The molecule has 0 fully saturated rings. The highest BCUT2D eigenvalue weighted by Crippen LogP contribution is 2.16. The molecule has 15 heavy (non-hydrogen) atoms. The Kier molecular flexibility index (Phi) is 4.77. The average molecular weight is 227 g/mol. The summed E-state index contributed by atoms with van der Waals surface area (Å²) >= 11 is 1.77. The van der Waals surface area contributed by atoms with Crippen LogP contribution in [0.1, 0.15) is 37.1 Å². The van der Waals surface area contributed by atoms with Crippen molar-refractivity contribution in [1.29, 1.82) is 0 Å². The highest BCUT2D eigenvalue weighted by molar-refractivity contribution is 7.10. The van der Waals surface area contributed by atoms with Gasteiger partial charge in [0.1, 0.15) is 0 Å². The Labute approximate surface area is 96.3 Å². The van der Waals surface area contributed by atoms with Crippen LogP contribution in [-0.2, 0) is 6.54 Å². The standard InChI is InChI=1S/C12H21NOS/c1-4-12(14,5-2)9-13-8-11-10(3)6-7-15-11/h6-7,13-14H,4-5,8-9H2,1-3H3. The summed E-state index contributed by atoms with van der Waals surface area (Å²) in [6, 6.07) is 2.13. The zero-order chi connectivity index (χ0) is 11.3. The van der Waals surface area contributed by atoms with Gasteiger partial charge in [0.25, 0.3) is 0 Å². The van der Waals surface area contributed by atoms with Crippen LogP contribution in [0, 0.1) is 6.92 Å². The number of aliphatic hydroxyl groups is 1. The van der Waals surface area contributed by atoms with Gasteiger partial charge >= 0.3 is 0 Å². The van der Waals surface area contributed by atoms with Gasteiger partial charge in [-0.2, -0.15) is 0 Å². The van der Waals surface area contributed by atoms with Crippen molar-refractivity contribution >= 4 is 11.3 Å². The molecule has 0 bridgehead atoms. The van der Waals surface area contributed by atoms with Gasteiger partial charge in [-0.25, -0.2) is 0 Å². The predicted octanol–water partition coefficient (Wildman–Crippen LogP) is 2.70. The van der Waals surface area contributed by atoms with Gasteiger partial charge in [-0.3, -0.25) is 0 Å². The third-order valence-electron chi connectivity index (χ3n) is 3.02. The Balaban J connectivity index is 2.36. The number of hydrogen-bond donors (Lipinski definition) is 2. The molecule has 3 heteroatoms. The van der Waals surface area contributed by atoms with Crippen molar-refractivity contribution in [3.63, 3.8) is 0 Å². The quantitative estimate of drug-likeness (QED) is 0.783. The van der Waals surface area contributed by atoms with Crippen molar-refractivity contribution in [1.82, 2.24) is 5.32 Å². The summed E-state index contributed by atoms with van der Waals surface area (Å²) in [5.41, 5.74) is 0.801. The molecule has 0 spiro atoms. The van der Waals surface area contributed by atoms with Crippen molar-refractivity contribution in [2.75, 3.05) is 6.54 Å². The lowest BCUT2D eigenvalue weighted by atomic mass is 9.98. The molecule has 0 unspecified atom stereocenters. The molecule has 86 valence electrons. The second-order valence-corrected chi connectivity index (χ2v) is 5.06. The van der Waals surface area contributed by atoms with Gasteiger partial charge in [0.2, 0.25) is 0 Å². The van der Waals surface area contributed by atoms with E-state index in [0.717, 1.165) is 19.4 Å². The summed E-state index contributed by atoms with van der Waals surface area (Å²) in [4.78, 5) is 1.37. The van der Waals surface area contributed by atoms with Crippen molar-refractivity contribution in [2.45, 2.75) is 45.8 Å². The summed E-state index contributed by atoms with van der Waals surface area (Å²) < 4.78 is 0. The molecule has 0 aliphatic carbocycles. The van der Waals surface area contributed by atoms with Gasteiger partial charge < -0.3 is 10.4 Å². The molecule has 0 aromatic carbocycles. The lowest BCUT2D eigenvalue weighted by Crippen LogP contribution is -2.39. The van der Waals surface area contributed by atoms with Crippen LogP contribution in [-0.4, -0.2) is 17.3 Å². The van der Waals surface area contributed by atoms with E-state index >= 15 is 0 Å². The van der Waals surface area contributed by atoms with Crippen LogP contribution in [0.2, 0.25) is 0 Å². The Morgan fingerprint density at radius 3 is 2.53 bits per heavy atom. The molecule has 2 N–H and O–H groups in total. The summed E-state index contributed by atoms with van der Waals surface area (Å²) in [6.45, 7) is 7.73. The van der Waals surface area contributed by atoms with Gasteiger partial charge in [-0.15, -0.1) is 11.3 Å². The van der Waals surface area contributed by atoms with Crippen LogP contribution in [0.3, 0.4) is 0 Å². The molecule has 1 heterocycles. The Morgan fingerprint density at radius 2 is 2.07 bits per heavy atom.